The van der Waals surface area contributed by atoms with Gasteiger partial charge in [0.1, 0.15) is 6.04 Å². The fraction of sp³-hybridized carbons (Fsp3) is 0.632. The highest BCUT2D eigenvalue weighted by Gasteiger charge is 2.40. The van der Waals surface area contributed by atoms with Crippen molar-refractivity contribution in [3.63, 3.8) is 0 Å². The number of likely N-dealkylation sites (tertiary alicyclic amines) is 1. The van der Waals surface area contributed by atoms with E-state index < -0.39 is 0 Å². The molecular formula is C19H28N2O2. The zero-order chi connectivity index (χ0) is 16.4. The second-order valence-corrected chi connectivity index (χ2v) is 7.24. The van der Waals surface area contributed by atoms with E-state index in [1.165, 1.54) is 5.56 Å². The van der Waals surface area contributed by atoms with E-state index in [-0.39, 0.29) is 17.6 Å². The van der Waals surface area contributed by atoms with Crippen molar-refractivity contribution >= 4 is 5.91 Å². The molecule has 2 aliphatic rings. The van der Waals surface area contributed by atoms with E-state index in [1.807, 2.05) is 30.0 Å². The number of hydrogen-bond donors (Lipinski definition) is 0. The maximum atomic E-state index is 13.1. The molecule has 126 valence electrons. The van der Waals surface area contributed by atoms with Crippen molar-refractivity contribution in [1.82, 2.24) is 9.80 Å². The fourth-order valence-electron chi connectivity index (χ4n) is 3.96. The normalized spacial score (nSPS) is 21.8. The molecule has 1 aromatic carbocycles. The Morgan fingerprint density at radius 3 is 2.57 bits per heavy atom. The summed E-state index contributed by atoms with van der Waals surface area (Å²) in [6.45, 7) is 4.59. The minimum absolute atomic E-state index is 0.0632. The summed E-state index contributed by atoms with van der Waals surface area (Å²) >= 11 is 0. The Bertz CT molecular complexity index is 554. The molecule has 1 atom stereocenters. The van der Waals surface area contributed by atoms with E-state index in [2.05, 4.69) is 25.1 Å². The van der Waals surface area contributed by atoms with Crippen LogP contribution in [0.15, 0.2) is 24.3 Å². The van der Waals surface area contributed by atoms with Crippen LogP contribution in [-0.2, 0) is 9.53 Å². The Balaban J connectivity index is 1.72. The van der Waals surface area contributed by atoms with Gasteiger partial charge in [0.15, 0.2) is 0 Å². The van der Waals surface area contributed by atoms with Crippen LogP contribution in [0.25, 0.3) is 0 Å². The second-order valence-electron chi connectivity index (χ2n) is 7.24. The topological polar surface area (TPSA) is 32.8 Å². The van der Waals surface area contributed by atoms with Gasteiger partial charge in [-0.15, -0.1) is 0 Å². The van der Waals surface area contributed by atoms with E-state index in [9.17, 15) is 4.79 Å². The molecule has 0 aromatic heterocycles. The van der Waals surface area contributed by atoms with Gasteiger partial charge in [0.25, 0.3) is 0 Å². The maximum Gasteiger partial charge on any atom is 0.244 e. The summed E-state index contributed by atoms with van der Waals surface area (Å²) in [4.78, 5) is 17.1. The van der Waals surface area contributed by atoms with Crippen molar-refractivity contribution < 1.29 is 9.53 Å². The van der Waals surface area contributed by atoms with E-state index >= 15 is 0 Å². The van der Waals surface area contributed by atoms with Gasteiger partial charge in [-0.3, -0.25) is 9.69 Å². The first-order chi connectivity index (χ1) is 11.0. The number of piperidine rings is 1. The summed E-state index contributed by atoms with van der Waals surface area (Å²) in [6, 6.07) is 8.08. The molecule has 0 radical (unpaired) electrons. The SMILES string of the molecule is Cc1cccc(C(C(=O)N2CCC3(CCCO3)CC2)N(C)C)c1. The average Bonchev–Trinajstić information content (AvgIpc) is 2.96. The third-order valence-electron chi connectivity index (χ3n) is 5.28. The van der Waals surface area contributed by atoms with Gasteiger partial charge in [0.2, 0.25) is 5.91 Å². The smallest absolute Gasteiger partial charge is 0.244 e. The highest BCUT2D eigenvalue weighted by molar-refractivity contribution is 5.83. The molecule has 23 heavy (non-hydrogen) atoms. The largest absolute Gasteiger partial charge is 0.375 e. The van der Waals surface area contributed by atoms with Gasteiger partial charge in [-0.2, -0.15) is 0 Å². The van der Waals surface area contributed by atoms with E-state index in [4.69, 9.17) is 4.74 Å². The van der Waals surface area contributed by atoms with Gasteiger partial charge < -0.3 is 9.64 Å². The Morgan fingerprint density at radius 1 is 1.26 bits per heavy atom. The van der Waals surface area contributed by atoms with Crippen molar-refractivity contribution in [2.45, 2.75) is 44.2 Å². The highest BCUT2D eigenvalue weighted by Crippen LogP contribution is 2.36. The van der Waals surface area contributed by atoms with E-state index in [0.717, 1.165) is 50.9 Å². The van der Waals surface area contributed by atoms with Gasteiger partial charge in [-0.1, -0.05) is 29.8 Å². The molecule has 1 spiro atoms. The van der Waals surface area contributed by atoms with Gasteiger partial charge >= 0.3 is 0 Å². The summed E-state index contributed by atoms with van der Waals surface area (Å²) in [7, 11) is 3.97. The quantitative estimate of drug-likeness (QED) is 0.859. The Labute approximate surface area is 139 Å². The number of rotatable bonds is 3. The van der Waals surface area contributed by atoms with E-state index in [0.29, 0.717) is 0 Å². The number of carbonyl (C=O) groups is 1. The van der Waals surface area contributed by atoms with Crippen LogP contribution in [0.5, 0.6) is 0 Å². The zero-order valence-corrected chi connectivity index (χ0v) is 14.5. The molecule has 0 bridgehead atoms. The molecule has 4 nitrogen and oxygen atoms in total. The number of ether oxygens (including phenoxy) is 1. The van der Waals surface area contributed by atoms with Gasteiger partial charge in [0.05, 0.1) is 5.60 Å². The Hall–Kier alpha value is -1.39. The molecule has 1 aromatic rings. The van der Waals surface area contributed by atoms with Crippen LogP contribution < -0.4 is 0 Å². The molecule has 2 saturated heterocycles. The molecular weight excluding hydrogens is 288 g/mol. The molecule has 2 aliphatic heterocycles. The summed E-state index contributed by atoms with van der Waals surface area (Å²) in [5, 5.41) is 0. The molecule has 0 aliphatic carbocycles. The standard InChI is InChI=1S/C19H28N2O2/c1-15-6-4-7-16(14-15)17(20(2)3)18(22)21-11-9-19(10-12-21)8-5-13-23-19/h4,6-7,14,17H,5,8-13H2,1-3H3. The number of likely N-dealkylation sites (N-methyl/N-ethyl adjacent to an activating group) is 1. The predicted octanol–water partition coefficient (Wildman–Crippen LogP) is 2.77. The first-order valence-corrected chi connectivity index (χ1v) is 8.66. The van der Waals surface area contributed by atoms with Crippen molar-refractivity contribution in [3.05, 3.63) is 35.4 Å². The molecule has 1 unspecified atom stereocenters. The third kappa shape index (κ3) is 3.43. The van der Waals surface area contributed by atoms with Crippen molar-refractivity contribution in [3.8, 4) is 0 Å². The minimum atomic E-state index is -0.201. The fourth-order valence-corrected chi connectivity index (χ4v) is 3.96. The summed E-state index contributed by atoms with van der Waals surface area (Å²) < 4.78 is 5.97. The zero-order valence-electron chi connectivity index (χ0n) is 14.5. The van der Waals surface area contributed by atoms with Crippen LogP contribution in [0, 0.1) is 6.92 Å². The minimum Gasteiger partial charge on any atom is -0.375 e. The molecule has 4 heteroatoms. The molecule has 2 heterocycles. The molecule has 2 fully saturated rings. The van der Waals surface area contributed by atoms with Crippen molar-refractivity contribution in [1.29, 1.82) is 0 Å². The summed E-state index contributed by atoms with van der Waals surface area (Å²) in [5.41, 5.74) is 2.34. The number of hydrogen-bond acceptors (Lipinski definition) is 3. The van der Waals surface area contributed by atoms with E-state index in [1.54, 1.807) is 0 Å². The molecule has 0 saturated carbocycles. The van der Waals surface area contributed by atoms with Crippen LogP contribution in [0.1, 0.15) is 42.9 Å². The van der Waals surface area contributed by atoms with Crippen molar-refractivity contribution in [2.75, 3.05) is 33.8 Å². The summed E-state index contributed by atoms with van der Waals surface area (Å²) in [5.74, 6) is 0.216. The number of carbonyl (C=O) groups excluding carboxylic acids is 1. The van der Waals surface area contributed by atoms with Crippen LogP contribution in [-0.4, -0.2) is 55.1 Å². The number of nitrogens with zero attached hydrogens (tertiary/aromatic N) is 2. The Morgan fingerprint density at radius 2 is 2.00 bits per heavy atom. The predicted molar refractivity (Wildman–Crippen MR) is 91.3 cm³/mol. The average molecular weight is 316 g/mol. The number of amides is 1. The summed E-state index contributed by atoms with van der Waals surface area (Å²) in [6.07, 6.45) is 4.28. The number of aryl methyl sites for hydroxylation is 1. The highest BCUT2D eigenvalue weighted by atomic mass is 16.5. The third-order valence-corrected chi connectivity index (χ3v) is 5.28. The first-order valence-electron chi connectivity index (χ1n) is 8.66. The lowest BCUT2D eigenvalue weighted by molar-refractivity contribution is -0.141. The van der Waals surface area contributed by atoms with Crippen LogP contribution >= 0.6 is 0 Å². The first kappa shape index (κ1) is 16.5. The maximum absolute atomic E-state index is 13.1. The van der Waals surface area contributed by atoms with Crippen LogP contribution in [0.4, 0.5) is 0 Å². The molecule has 1 amide bonds. The van der Waals surface area contributed by atoms with Crippen LogP contribution in [0.2, 0.25) is 0 Å². The van der Waals surface area contributed by atoms with Gasteiger partial charge in [0, 0.05) is 19.7 Å². The lowest BCUT2D eigenvalue weighted by Gasteiger charge is -2.40. The lowest BCUT2D eigenvalue weighted by Crippen LogP contribution is -2.49. The lowest BCUT2D eigenvalue weighted by atomic mass is 9.88. The Kier molecular flexibility index (Phi) is 4.74. The number of benzene rings is 1. The van der Waals surface area contributed by atoms with Crippen molar-refractivity contribution in [2.24, 2.45) is 0 Å². The molecule has 3 rings (SSSR count). The van der Waals surface area contributed by atoms with Gasteiger partial charge in [-0.05, 0) is 52.3 Å². The van der Waals surface area contributed by atoms with Crippen LogP contribution in [0.3, 0.4) is 0 Å². The molecule has 0 N–H and O–H groups in total. The van der Waals surface area contributed by atoms with Gasteiger partial charge in [-0.25, -0.2) is 0 Å². The monoisotopic (exact) mass is 316 g/mol. The second kappa shape index (κ2) is 6.62.